The minimum absolute atomic E-state index is 0.0680. The SMILES string of the molecule is CC[C@@H](C)NC(=O)[C@@H](C)N(Cc1ccccc1C)C(=O)CN(c1ccc(C)cc1)S(=O)(=O)c1ccc(OC)c(OC)c1. The lowest BCUT2D eigenvalue weighted by Gasteiger charge is -2.33. The van der Waals surface area contributed by atoms with Crippen molar-refractivity contribution >= 4 is 27.5 Å². The molecule has 0 aromatic heterocycles. The Morgan fingerprint density at radius 2 is 1.55 bits per heavy atom. The second kappa shape index (κ2) is 14.2. The van der Waals surface area contributed by atoms with Crippen LogP contribution in [0.15, 0.2) is 71.6 Å². The number of amides is 2. The van der Waals surface area contributed by atoms with Gasteiger partial charge in [0.25, 0.3) is 10.0 Å². The van der Waals surface area contributed by atoms with Crippen LogP contribution in [0.3, 0.4) is 0 Å². The zero-order chi connectivity index (χ0) is 31.0. The van der Waals surface area contributed by atoms with E-state index in [4.69, 9.17) is 9.47 Å². The van der Waals surface area contributed by atoms with Gasteiger partial charge in [-0.05, 0) is 69.5 Å². The molecule has 0 unspecified atom stereocenters. The van der Waals surface area contributed by atoms with E-state index in [-0.39, 0.29) is 29.1 Å². The molecule has 0 saturated carbocycles. The van der Waals surface area contributed by atoms with Gasteiger partial charge in [0.05, 0.1) is 24.8 Å². The lowest BCUT2D eigenvalue weighted by Crippen LogP contribution is -2.52. The quantitative estimate of drug-likeness (QED) is 0.303. The maximum Gasteiger partial charge on any atom is 0.264 e. The van der Waals surface area contributed by atoms with Crippen LogP contribution < -0.4 is 19.1 Å². The van der Waals surface area contributed by atoms with Gasteiger partial charge in [0.1, 0.15) is 12.6 Å². The predicted molar refractivity (Wildman–Crippen MR) is 164 cm³/mol. The molecule has 9 nitrogen and oxygen atoms in total. The monoisotopic (exact) mass is 595 g/mol. The van der Waals surface area contributed by atoms with Crippen molar-refractivity contribution in [3.05, 3.63) is 83.4 Å². The van der Waals surface area contributed by atoms with E-state index < -0.39 is 28.5 Å². The highest BCUT2D eigenvalue weighted by molar-refractivity contribution is 7.92. The van der Waals surface area contributed by atoms with Gasteiger partial charge < -0.3 is 19.7 Å². The van der Waals surface area contributed by atoms with Crippen LogP contribution in [0.1, 0.15) is 43.9 Å². The van der Waals surface area contributed by atoms with Gasteiger partial charge in [0, 0.05) is 18.7 Å². The maximum atomic E-state index is 14.1. The van der Waals surface area contributed by atoms with E-state index in [9.17, 15) is 18.0 Å². The standard InChI is InChI=1S/C32H41N3O6S/c1-8-24(4)33-32(37)25(5)34(20-26-12-10-9-11-23(26)3)31(36)21-35(27-15-13-22(2)14-16-27)42(38,39)28-17-18-29(40-6)30(19-28)41-7/h9-19,24-25H,8,20-21H2,1-7H3,(H,33,37)/t24-,25-/m1/s1. The average molecular weight is 596 g/mol. The molecule has 0 fully saturated rings. The Labute approximate surface area is 249 Å². The number of anilines is 1. The average Bonchev–Trinajstić information content (AvgIpc) is 2.98. The van der Waals surface area contributed by atoms with Gasteiger partial charge in [0.15, 0.2) is 11.5 Å². The molecule has 0 aliphatic carbocycles. The number of sulfonamides is 1. The number of carbonyl (C=O) groups is 2. The third kappa shape index (κ3) is 7.61. The van der Waals surface area contributed by atoms with E-state index in [1.807, 2.05) is 52.0 Å². The molecule has 3 aromatic carbocycles. The number of ether oxygens (including phenoxy) is 2. The van der Waals surface area contributed by atoms with Crippen LogP contribution in [-0.2, 0) is 26.2 Å². The third-order valence-corrected chi connectivity index (χ3v) is 9.08. The van der Waals surface area contributed by atoms with E-state index in [1.54, 1.807) is 31.2 Å². The smallest absolute Gasteiger partial charge is 0.264 e. The number of nitrogens with one attached hydrogen (secondary N) is 1. The number of rotatable bonds is 13. The number of nitrogens with zero attached hydrogens (tertiary/aromatic N) is 2. The van der Waals surface area contributed by atoms with Gasteiger partial charge in [-0.2, -0.15) is 0 Å². The van der Waals surface area contributed by atoms with Gasteiger partial charge in [-0.15, -0.1) is 0 Å². The molecule has 0 saturated heterocycles. The van der Waals surface area contributed by atoms with Crippen molar-refractivity contribution in [3.8, 4) is 11.5 Å². The molecule has 0 aliphatic heterocycles. The summed E-state index contributed by atoms with van der Waals surface area (Å²) in [6.45, 7) is 8.96. The highest BCUT2D eigenvalue weighted by atomic mass is 32.2. The molecule has 10 heteroatoms. The van der Waals surface area contributed by atoms with Crippen molar-refractivity contribution in [2.24, 2.45) is 0 Å². The molecule has 226 valence electrons. The minimum atomic E-state index is -4.25. The van der Waals surface area contributed by atoms with E-state index in [2.05, 4.69) is 5.32 Å². The lowest BCUT2D eigenvalue weighted by atomic mass is 10.1. The third-order valence-electron chi connectivity index (χ3n) is 7.31. The van der Waals surface area contributed by atoms with Gasteiger partial charge in [-0.3, -0.25) is 13.9 Å². The van der Waals surface area contributed by atoms with E-state index in [0.29, 0.717) is 11.4 Å². The molecule has 2 atom stereocenters. The number of methoxy groups -OCH3 is 2. The van der Waals surface area contributed by atoms with E-state index in [1.165, 1.54) is 37.3 Å². The molecule has 2 amide bonds. The van der Waals surface area contributed by atoms with Crippen LogP contribution in [0.2, 0.25) is 0 Å². The first-order valence-electron chi connectivity index (χ1n) is 13.9. The number of hydrogen-bond acceptors (Lipinski definition) is 6. The lowest BCUT2D eigenvalue weighted by molar-refractivity contribution is -0.139. The van der Waals surface area contributed by atoms with Gasteiger partial charge in [-0.1, -0.05) is 48.9 Å². The van der Waals surface area contributed by atoms with Crippen LogP contribution in [0.4, 0.5) is 5.69 Å². The minimum Gasteiger partial charge on any atom is -0.493 e. The summed E-state index contributed by atoms with van der Waals surface area (Å²) in [6, 6.07) is 17.8. The topological polar surface area (TPSA) is 105 Å². The predicted octanol–water partition coefficient (Wildman–Crippen LogP) is 4.85. The largest absolute Gasteiger partial charge is 0.493 e. The summed E-state index contributed by atoms with van der Waals surface area (Å²) < 4.78 is 39.9. The van der Waals surface area contributed by atoms with Crippen LogP contribution in [0.5, 0.6) is 11.5 Å². The molecule has 1 N–H and O–H groups in total. The molecule has 3 aromatic rings. The highest BCUT2D eigenvalue weighted by Gasteiger charge is 2.33. The molecule has 0 aliphatic rings. The van der Waals surface area contributed by atoms with Crippen molar-refractivity contribution in [1.82, 2.24) is 10.2 Å². The molecule has 42 heavy (non-hydrogen) atoms. The first kappa shape index (κ1) is 32.5. The second-order valence-electron chi connectivity index (χ2n) is 10.3. The Bertz CT molecular complexity index is 1490. The molecule has 0 heterocycles. The molecule has 0 radical (unpaired) electrons. The first-order valence-corrected chi connectivity index (χ1v) is 15.3. The Balaban J connectivity index is 2.07. The number of carbonyl (C=O) groups excluding carboxylic acids is 2. The normalized spacial score (nSPS) is 12.6. The highest BCUT2D eigenvalue weighted by Crippen LogP contribution is 2.32. The van der Waals surface area contributed by atoms with Crippen molar-refractivity contribution in [2.75, 3.05) is 25.1 Å². The zero-order valence-electron chi connectivity index (χ0n) is 25.4. The summed E-state index contributed by atoms with van der Waals surface area (Å²) in [5.41, 5.74) is 3.07. The Hall–Kier alpha value is -4.05. The Kier molecular flexibility index (Phi) is 11.0. The van der Waals surface area contributed by atoms with Crippen LogP contribution in [-0.4, -0.2) is 58.0 Å². The zero-order valence-corrected chi connectivity index (χ0v) is 26.2. The van der Waals surface area contributed by atoms with Gasteiger partial charge >= 0.3 is 0 Å². The summed E-state index contributed by atoms with van der Waals surface area (Å²) >= 11 is 0. The molecule has 0 bridgehead atoms. The summed E-state index contributed by atoms with van der Waals surface area (Å²) in [4.78, 5) is 28.7. The van der Waals surface area contributed by atoms with Gasteiger partial charge in [0.2, 0.25) is 11.8 Å². The Morgan fingerprint density at radius 3 is 2.14 bits per heavy atom. The summed E-state index contributed by atoms with van der Waals surface area (Å²) in [6.07, 6.45) is 0.731. The second-order valence-corrected chi connectivity index (χ2v) is 12.2. The number of benzene rings is 3. The van der Waals surface area contributed by atoms with Crippen molar-refractivity contribution in [3.63, 3.8) is 0 Å². The molecule has 0 spiro atoms. The van der Waals surface area contributed by atoms with E-state index >= 15 is 0 Å². The summed E-state index contributed by atoms with van der Waals surface area (Å²) in [5.74, 6) is -0.212. The molecular weight excluding hydrogens is 554 g/mol. The van der Waals surface area contributed by atoms with Crippen molar-refractivity contribution in [2.45, 2.75) is 64.6 Å². The van der Waals surface area contributed by atoms with Crippen LogP contribution in [0.25, 0.3) is 0 Å². The number of hydrogen-bond donors (Lipinski definition) is 1. The number of aryl methyl sites for hydroxylation is 2. The van der Waals surface area contributed by atoms with Gasteiger partial charge in [-0.25, -0.2) is 8.42 Å². The van der Waals surface area contributed by atoms with Crippen LogP contribution in [0, 0.1) is 13.8 Å². The maximum absolute atomic E-state index is 14.1. The van der Waals surface area contributed by atoms with E-state index in [0.717, 1.165) is 27.4 Å². The fourth-order valence-corrected chi connectivity index (χ4v) is 5.79. The molecule has 3 rings (SSSR count). The summed E-state index contributed by atoms with van der Waals surface area (Å²) in [7, 11) is -1.37. The van der Waals surface area contributed by atoms with Crippen molar-refractivity contribution in [1.29, 1.82) is 0 Å². The first-order chi connectivity index (χ1) is 19.9. The fourth-order valence-electron chi connectivity index (χ4n) is 4.36. The van der Waals surface area contributed by atoms with Crippen LogP contribution >= 0.6 is 0 Å². The Morgan fingerprint density at radius 1 is 0.905 bits per heavy atom. The molecular formula is C32H41N3O6S. The fraction of sp³-hybridized carbons (Fsp3) is 0.375. The summed E-state index contributed by atoms with van der Waals surface area (Å²) in [5, 5.41) is 2.95. The van der Waals surface area contributed by atoms with Crippen molar-refractivity contribution < 1.29 is 27.5 Å².